The number of rotatable bonds is 12. The van der Waals surface area contributed by atoms with Crippen molar-refractivity contribution >= 4 is 0 Å². The minimum atomic E-state index is -0.376. The third kappa shape index (κ3) is 11.0. The summed E-state index contributed by atoms with van der Waals surface area (Å²) in [6.07, 6.45) is 4.31. The SMILES string of the molecule is CCC(CC)CNCC(O)COCCCC(C)C. The number of hydrogen-bond acceptors (Lipinski definition) is 3. The van der Waals surface area contributed by atoms with Gasteiger partial charge in [0.15, 0.2) is 0 Å². The van der Waals surface area contributed by atoms with Crippen LogP contribution < -0.4 is 5.32 Å². The molecule has 3 heteroatoms. The van der Waals surface area contributed by atoms with E-state index >= 15 is 0 Å². The predicted octanol–water partition coefficient (Wildman–Crippen LogP) is 2.83. The highest BCUT2D eigenvalue weighted by Gasteiger charge is 2.06. The molecule has 0 aromatic carbocycles. The van der Waals surface area contributed by atoms with Crippen LogP contribution in [-0.2, 0) is 4.74 Å². The molecular weight excluding hydrogens is 226 g/mol. The minimum Gasteiger partial charge on any atom is -0.389 e. The van der Waals surface area contributed by atoms with Gasteiger partial charge in [-0.15, -0.1) is 0 Å². The normalized spacial score (nSPS) is 13.5. The molecule has 110 valence electrons. The average molecular weight is 259 g/mol. The summed E-state index contributed by atoms with van der Waals surface area (Å²) in [5.41, 5.74) is 0. The van der Waals surface area contributed by atoms with E-state index in [4.69, 9.17) is 4.74 Å². The van der Waals surface area contributed by atoms with Crippen LogP contribution in [0.2, 0.25) is 0 Å². The van der Waals surface area contributed by atoms with Gasteiger partial charge in [-0.25, -0.2) is 0 Å². The topological polar surface area (TPSA) is 41.5 Å². The number of aliphatic hydroxyl groups excluding tert-OH is 1. The smallest absolute Gasteiger partial charge is 0.0897 e. The van der Waals surface area contributed by atoms with Crippen LogP contribution in [0.25, 0.3) is 0 Å². The second-order valence-electron chi connectivity index (χ2n) is 5.61. The first kappa shape index (κ1) is 17.9. The summed E-state index contributed by atoms with van der Waals surface area (Å²) in [6, 6.07) is 0. The first-order chi connectivity index (χ1) is 8.60. The van der Waals surface area contributed by atoms with Gasteiger partial charge >= 0.3 is 0 Å². The molecule has 0 saturated carbocycles. The second kappa shape index (κ2) is 11.9. The van der Waals surface area contributed by atoms with E-state index in [1.165, 1.54) is 19.3 Å². The van der Waals surface area contributed by atoms with Crippen molar-refractivity contribution in [1.82, 2.24) is 5.32 Å². The summed E-state index contributed by atoms with van der Waals surface area (Å²) < 4.78 is 5.47. The highest BCUT2D eigenvalue weighted by molar-refractivity contribution is 4.63. The van der Waals surface area contributed by atoms with Crippen LogP contribution in [0.4, 0.5) is 0 Å². The highest BCUT2D eigenvalue weighted by Crippen LogP contribution is 2.05. The zero-order valence-corrected chi connectivity index (χ0v) is 12.7. The van der Waals surface area contributed by atoms with Crippen LogP contribution in [-0.4, -0.2) is 37.5 Å². The van der Waals surface area contributed by atoms with E-state index in [9.17, 15) is 5.11 Å². The molecule has 0 rings (SSSR count). The Kier molecular flexibility index (Phi) is 11.9. The molecule has 0 aromatic heterocycles. The molecule has 0 amide bonds. The van der Waals surface area contributed by atoms with E-state index in [2.05, 4.69) is 33.0 Å². The second-order valence-corrected chi connectivity index (χ2v) is 5.61. The van der Waals surface area contributed by atoms with Gasteiger partial charge in [0.1, 0.15) is 0 Å². The fourth-order valence-electron chi connectivity index (χ4n) is 1.90. The minimum absolute atomic E-state index is 0.376. The van der Waals surface area contributed by atoms with Crippen LogP contribution in [0.3, 0.4) is 0 Å². The van der Waals surface area contributed by atoms with Crippen molar-refractivity contribution in [1.29, 1.82) is 0 Å². The molecule has 0 saturated heterocycles. The average Bonchev–Trinajstić information content (AvgIpc) is 2.34. The Morgan fingerprint density at radius 3 is 2.33 bits per heavy atom. The molecule has 18 heavy (non-hydrogen) atoms. The van der Waals surface area contributed by atoms with Crippen molar-refractivity contribution in [2.75, 3.05) is 26.3 Å². The highest BCUT2D eigenvalue weighted by atomic mass is 16.5. The van der Waals surface area contributed by atoms with Crippen molar-refractivity contribution in [3.05, 3.63) is 0 Å². The molecule has 0 aliphatic carbocycles. The monoisotopic (exact) mass is 259 g/mol. The van der Waals surface area contributed by atoms with Crippen molar-refractivity contribution in [3.63, 3.8) is 0 Å². The predicted molar refractivity (Wildman–Crippen MR) is 77.8 cm³/mol. The number of ether oxygens (including phenoxy) is 1. The summed E-state index contributed by atoms with van der Waals surface area (Å²) in [5.74, 6) is 1.46. The van der Waals surface area contributed by atoms with E-state index in [1.54, 1.807) is 0 Å². The molecule has 0 bridgehead atoms. The first-order valence-corrected chi connectivity index (χ1v) is 7.56. The molecule has 1 unspecified atom stereocenters. The maximum Gasteiger partial charge on any atom is 0.0897 e. The lowest BCUT2D eigenvalue weighted by Crippen LogP contribution is -2.33. The molecule has 0 radical (unpaired) electrons. The Morgan fingerprint density at radius 2 is 1.78 bits per heavy atom. The molecule has 0 fully saturated rings. The quantitative estimate of drug-likeness (QED) is 0.530. The van der Waals surface area contributed by atoms with Crippen LogP contribution in [0.1, 0.15) is 53.4 Å². The molecule has 0 aliphatic heterocycles. The molecule has 0 aliphatic rings. The van der Waals surface area contributed by atoms with Gasteiger partial charge in [0.25, 0.3) is 0 Å². The van der Waals surface area contributed by atoms with Gasteiger partial charge in [0.2, 0.25) is 0 Å². The van der Waals surface area contributed by atoms with Crippen molar-refractivity contribution in [2.45, 2.75) is 59.5 Å². The van der Waals surface area contributed by atoms with Crippen LogP contribution >= 0.6 is 0 Å². The first-order valence-electron chi connectivity index (χ1n) is 7.56. The molecule has 3 nitrogen and oxygen atoms in total. The molecule has 1 atom stereocenters. The van der Waals surface area contributed by atoms with Crippen molar-refractivity contribution < 1.29 is 9.84 Å². The van der Waals surface area contributed by atoms with Gasteiger partial charge in [0, 0.05) is 13.2 Å². The molecule has 0 aromatic rings. The van der Waals surface area contributed by atoms with Gasteiger partial charge < -0.3 is 15.2 Å². The van der Waals surface area contributed by atoms with Crippen LogP contribution in [0.5, 0.6) is 0 Å². The fourth-order valence-corrected chi connectivity index (χ4v) is 1.90. The van der Waals surface area contributed by atoms with Crippen molar-refractivity contribution in [2.24, 2.45) is 11.8 Å². The van der Waals surface area contributed by atoms with Gasteiger partial charge in [-0.1, -0.05) is 40.5 Å². The van der Waals surface area contributed by atoms with Crippen LogP contribution in [0, 0.1) is 11.8 Å². The number of aliphatic hydroxyl groups is 1. The Bertz CT molecular complexity index is 170. The molecule has 2 N–H and O–H groups in total. The molecular formula is C15H33NO2. The van der Waals surface area contributed by atoms with E-state index in [-0.39, 0.29) is 6.10 Å². The third-order valence-electron chi connectivity index (χ3n) is 3.35. The van der Waals surface area contributed by atoms with Gasteiger partial charge in [0.05, 0.1) is 12.7 Å². The summed E-state index contributed by atoms with van der Waals surface area (Å²) in [7, 11) is 0. The van der Waals surface area contributed by atoms with Gasteiger partial charge in [-0.3, -0.25) is 0 Å². The number of nitrogens with one attached hydrogen (secondary N) is 1. The van der Waals surface area contributed by atoms with Crippen molar-refractivity contribution in [3.8, 4) is 0 Å². The van der Waals surface area contributed by atoms with E-state index in [1.807, 2.05) is 0 Å². The Labute approximate surface area is 113 Å². The van der Waals surface area contributed by atoms with E-state index < -0.39 is 0 Å². The molecule has 0 heterocycles. The third-order valence-corrected chi connectivity index (χ3v) is 3.35. The maximum atomic E-state index is 9.73. The standard InChI is InChI=1S/C15H33NO2/c1-5-14(6-2)10-16-11-15(17)12-18-9-7-8-13(3)4/h13-17H,5-12H2,1-4H3. The Balaban J connectivity index is 3.34. The molecule has 0 spiro atoms. The lowest BCUT2D eigenvalue weighted by Gasteiger charge is -2.16. The Morgan fingerprint density at radius 1 is 1.11 bits per heavy atom. The summed E-state index contributed by atoms with van der Waals surface area (Å²) in [4.78, 5) is 0. The lowest BCUT2D eigenvalue weighted by molar-refractivity contribution is 0.0344. The zero-order chi connectivity index (χ0) is 13.8. The number of hydrogen-bond donors (Lipinski definition) is 2. The van der Waals surface area contributed by atoms with E-state index in [0.717, 1.165) is 31.4 Å². The zero-order valence-electron chi connectivity index (χ0n) is 12.7. The summed E-state index contributed by atoms with van der Waals surface area (Å²) >= 11 is 0. The lowest BCUT2D eigenvalue weighted by atomic mass is 10.0. The fraction of sp³-hybridized carbons (Fsp3) is 1.00. The Hall–Kier alpha value is -0.120. The summed E-state index contributed by atoms with van der Waals surface area (Å²) in [6.45, 7) is 11.7. The van der Waals surface area contributed by atoms with Crippen LogP contribution in [0.15, 0.2) is 0 Å². The summed E-state index contributed by atoms with van der Waals surface area (Å²) in [5, 5.41) is 13.0. The van der Waals surface area contributed by atoms with Gasteiger partial charge in [-0.2, -0.15) is 0 Å². The van der Waals surface area contributed by atoms with Gasteiger partial charge in [-0.05, 0) is 31.2 Å². The van der Waals surface area contributed by atoms with E-state index in [0.29, 0.717) is 13.2 Å². The largest absolute Gasteiger partial charge is 0.389 e. The maximum absolute atomic E-state index is 9.73.